The minimum atomic E-state index is 0.104. The second-order valence-corrected chi connectivity index (χ2v) is 7.44. The maximum atomic E-state index is 5.84. The Kier molecular flexibility index (Phi) is 7.79. The summed E-state index contributed by atoms with van der Waals surface area (Å²) in [5, 5.41) is 3.59. The van der Waals surface area contributed by atoms with Crippen LogP contribution in [0.5, 0.6) is 11.5 Å². The van der Waals surface area contributed by atoms with Crippen molar-refractivity contribution >= 4 is 15.9 Å². The predicted octanol–water partition coefficient (Wildman–Crippen LogP) is 5.36. The molecule has 3 nitrogen and oxygen atoms in total. The SMILES string of the molecule is COc1cc(CN[C@@H](C)CCc2ccccc2)cc(Br)c1OC(C)C. The van der Waals surface area contributed by atoms with E-state index in [2.05, 4.69) is 64.6 Å². The highest BCUT2D eigenvalue weighted by Crippen LogP contribution is 2.37. The van der Waals surface area contributed by atoms with E-state index in [-0.39, 0.29) is 6.10 Å². The molecule has 2 rings (SSSR count). The van der Waals surface area contributed by atoms with E-state index in [1.54, 1.807) is 7.11 Å². The van der Waals surface area contributed by atoms with Crippen molar-refractivity contribution in [1.82, 2.24) is 5.32 Å². The van der Waals surface area contributed by atoms with E-state index in [4.69, 9.17) is 9.47 Å². The number of ether oxygens (including phenoxy) is 2. The van der Waals surface area contributed by atoms with Gasteiger partial charge in [-0.25, -0.2) is 0 Å². The Morgan fingerprint density at radius 2 is 1.76 bits per heavy atom. The molecule has 0 unspecified atom stereocenters. The van der Waals surface area contributed by atoms with Crippen LogP contribution in [0.25, 0.3) is 0 Å². The molecule has 0 fully saturated rings. The van der Waals surface area contributed by atoms with Crippen LogP contribution in [0.2, 0.25) is 0 Å². The molecule has 4 heteroatoms. The van der Waals surface area contributed by atoms with Gasteiger partial charge in [0.15, 0.2) is 11.5 Å². The highest BCUT2D eigenvalue weighted by atomic mass is 79.9. The molecule has 0 aromatic heterocycles. The Labute approximate surface area is 159 Å². The van der Waals surface area contributed by atoms with E-state index >= 15 is 0 Å². The van der Waals surface area contributed by atoms with Crippen LogP contribution in [0.4, 0.5) is 0 Å². The summed E-state index contributed by atoms with van der Waals surface area (Å²) in [7, 11) is 1.68. The van der Waals surface area contributed by atoms with Crippen molar-refractivity contribution in [2.45, 2.75) is 52.3 Å². The van der Waals surface area contributed by atoms with E-state index in [1.165, 1.54) is 11.1 Å². The van der Waals surface area contributed by atoms with Gasteiger partial charge in [0.2, 0.25) is 0 Å². The first kappa shape index (κ1) is 19.8. The molecular formula is C21H28BrNO2. The lowest BCUT2D eigenvalue weighted by Crippen LogP contribution is -2.26. The standard InChI is InChI=1S/C21H28BrNO2/c1-15(2)25-21-19(22)12-18(13-20(21)24-4)14-23-16(3)10-11-17-8-6-5-7-9-17/h5-9,12-13,15-16,23H,10-11,14H2,1-4H3/t16-/m0/s1. The maximum Gasteiger partial charge on any atom is 0.175 e. The first-order valence-electron chi connectivity index (χ1n) is 8.80. The molecule has 2 aromatic rings. The van der Waals surface area contributed by atoms with Gasteiger partial charge in [-0.05, 0) is 72.8 Å². The predicted molar refractivity (Wildman–Crippen MR) is 108 cm³/mol. The third-order valence-corrected chi connectivity index (χ3v) is 4.60. The first-order chi connectivity index (χ1) is 12.0. The Morgan fingerprint density at radius 1 is 1.04 bits per heavy atom. The lowest BCUT2D eigenvalue weighted by molar-refractivity contribution is 0.228. The van der Waals surface area contributed by atoms with Gasteiger partial charge < -0.3 is 14.8 Å². The van der Waals surface area contributed by atoms with Crippen molar-refractivity contribution in [2.24, 2.45) is 0 Å². The maximum absolute atomic E-state index is 5.84. The number of nitrogens with one attached hydrogen (secondary N) is 1. The van der Waals surface area contributed by atoms with E-state index in [0.29, 0.717) is 6.04 Å². The van der Waals surface area contributed by atoms with Gasteiger partial charge in [-0.3, -0.25) is 0 Å². The highest BCUT2D eigenvalue weighted by molar-refractivity contribution is 9.10. The van der Waals surface area contributed by atoms with E-state index in [9.17, 15) is 0 Å². The van der Waals surface area contributed by atoms with Crippen LogP contribution in [-0.4, -0.2) is 19.3 Å². The van der Waals surface area contributed by atoms with Crippen molar-refractivity contribution in [3.05, 3.63) is 58.1 Å². The van der Waals surface area contributed by atoms with Crippen LogP contribution in [0.15, 0.2) is 46.9 Å². The molecule has 1 N–H and O–H groups in total. The minimum Gasteiger partial charge on any atom is -0.493 e. The van der Waals surface area contributed by atoms with Crippen LogP contribution in [0, 0.1) is 0 Å². The van der Waals surface area contributed by atoms with Crippen LogP contribution >= 0.6 is 15.9 Å². The molecule has 0 aliphatic rings. The molecule has 0 aliphatic carbocycles. The summed E-state index contributed by atoms with van der Waals surface area (Å²) in [5.74, 6) is 1.52. The Balaban J connectivity index is 1.92. The number of hydrogen-bond donors (Lipinski definition) is 1. The highest BCUT2D eigenvalue weighted by Gasteiger charge is 2.13. The lowest BCUT2D eigenvalue weighted by atomic mass is 10.1. The number of aryl methyl sites for hydroxylation is 1. The normalized spacial score (nSPS) is 12.2. The summed E-state index contributed by atoms with van der Waals surface area (Å²) < 4.78 is 12.3. The van der Waals surface area contributed by atoms with E-state index < -0.39 is 0 Å². The van der Waals surface area contributed by atoms with Crippen LogP contribution in [0.1, 0.15) is 38.3 Å². The van der Waals surface area contributed by atoms with Gasteiger partial charge in [0.25, 0.3) is 0 Å². The van der Waals surface area contributed by atoms with Crippen molar-refractivity contribution in [2.75, 3.05) is 7.11 Å². The van der Waals surface area contributed by atoms with Crippen molar-refractivity contribution in [3.8, 4) is 11.5 Å². The fourth-order valence-electron chi connectivity index (χ4n) is 2.65. The van der Waals surface area contributed by atoms with Gasteiger partial charge in [0.1, 0.15) is 0 Å². The van der Waals surface area contributed by atoms with Crippen LogP contribution in [-0.2, 0) is 13.0 Å². The minimum absolute atomic E-state index is 0.104. The summed E-state index contributed by atoms with van der Waals surface area (Å²) in [6.45, 7) is 7.05. The Hall–Kier alpha value is -1.52. The molecule has 0 heterocycles. The van der Waals surface area contributed by atoms with Gasteiger partial charge in [-0.15, -0.1) is 0 Å². The third-order valence-electron chi connectivity index (χ3n) is 4.01. The number of rotatable bonds is 9. The topological polar surface area (TPSA) is 30.5 Å². The number of methoxy groups -OCH3 is 1. The summed E-state index contributed by atoms with van der Waals surface area (Å²) in [4.78, 5) is 0. The second kappa shape index (κ2) is 9.83. The zero-order valence-corrected chi connectivity index (χ0v) is 17.1. The van der Waals surface area contributed by atoms with E-state index in [0.717, 1.165) is 35.4 Å². The average Bonchev–Trinajstić information content (AvgIpc) is 2.60. The van der Waals surface area contributed by atoms with Gasteiger partial charge in [0.05, 0.1) is 17.7 Å². The van der Waals surface area contributed by atoms with Crippen molar-refractivity contribution in [3.63, 3.8) is 0 Å². The molecule has 136 valence electrons. The largest absolute Gasteiger partial charge is 0.493 e. The van der Waals surface area contributed by atoms with Crippen LogP contribution in [0.3, 0.4) is 0 Å². The monoisotopic (exact) mass is 405 g/mol. The van der Waals surface area contributed by atoms with E-state index in [1.807, 2.05) is 19.9 Å². The molecular weight excluding hydrogens is 378 g/mol. The number of halogens is 1. The Bertz CT molecular complexity index is 658. The second-order valence-electron chi connectivity index (χ2n) is 6.58. The molecule has 0 bridgehead atoms. The number of benzene rings is 2. The molecule has 0 amide bonds. The zero-order chi connectivity index (χ0) is 18.2. The summed E-state index contributed by atoms with van der Waals surface area (Å²) >= 11 is 3.60. The quantitative estimate of drug-likeness (QED) is 0.609. The molecule has 0 saturated carbocycles. The summed E-state index contributed by atoms with van der Waals surface area (Å²) in [5.41, 5.74) is 2.56. The molecule has 0 aliphatic heterocycles. The summed E-state index contributed by atoms with van der Waals surface area (Å²) in [6.07, 6.45) is 2.30. The molecule has 25 heavy (non-hydrogen) atoms. The van der Waals surface area contributed by atoms with Crippen molar-refractivity contribution in [1.29, 1.82) is 0 Å². The van der Waals surface area contributed by atoms with Gasteiger partial charge >= 0.3 is 0 Å². The smallest absolute Gasteiger partial charge is 0.175 e. The van der Waals surface area contributed by atoms with Crippen molar-refractivity contribution < 1.29 is 9.47 Å². The summed E-state index contributed by atoms with van der Waals surface area (Å²) in [6, 6.07) is 15.2. The fourth-order valence-corrected chi connectivity index (χ4v) is 3.23. The van der Waals surface area contributed by atoms with Gasteiger partial charge in [0, 0.05) is 12.6 Å². The molecule has 0 spiro atoms. The molecule has 0 radical (unpaired) electrons. The fraction of sp³-hybridized carbons (Fsp3) is 0.429. The Morgan fingerprint density at radius 3 is 2.40 bits per heavy atom. The first-order valence-corrected chi connectivity index (χ1v) is 9.59. The molecule has 0 saturated heterocycles. The third kappa shape index (κ3) is 6.37. The van der Waals surface area contributed by atoms with Gasteiger partial charge in [-0.2, -0.15) is 0 Å². The van der Waals surface area contributed by atoms with Crippen LogP contribution < -0.4 is 14.8 Å². The average molecular weight is 406 g/mol. The molecule has 2 aromatic carbocycles. The lowest BCUT2D eigenvalue weighted by Gasteiger charge is -2.18. The zero-order valence-electron chi connectivity index (χ0n) is 15.5. The van der Waals surface area contributed by atoms with Gasteiger partial charge in [-0.1, -0.05) is 30.3 Å². The molecule has 1 atom stereocenters. The number of hydrogen-bond acceptors (Lipinski definition) is 3.